The van der Waals surface area contributed by atoms with E-state index in [1.54, 1.807) is 0 Å². The summed E-state index contributed by atoms with van der Waals surface area (Å²) in [7, 11) is 0. The van der Waals surface area contributed by atoms with Gasteiger partial charge in [0.2, 0.25) is 0 Å². The van der Waals surface area contributed by atoms with Gasteiger partial charge < -0.3 is 5.32 Å². The van der Waals surface area contributed by atoms with E-state index in [-0.39, 0.29) is 0 Å². The van der Waals surface area contributed by atoms with Gasteiger partial charge in [-0.05, 0) is 53.5 Å². The van der Waals surface area contributed by atoms with Crippen LogP contribution in [-0.4, -0.2) is 11.0 Å². The predicted octanol–water partition coefficient (Wildman–Crippen LogP) is 3.21. The van der Waals surface area contributed by atoms with Crippen LogP contribution in [0.4, 0.5) is 5.82 Å². The number of hydrogen-bond acceptors (Lipinski definition) is 2. The molecule has 2 nitrogen and oxygen atoms in total. The second-order valence-electron chi connectivity index (χ2n) is 4.65. The number of halogens is 1. The molecule has 0 radical (unpaired) electrons. The number of anilines is 1. The summed E-state index contributed by atoms with van der Waals surface area (Å²) >= 11 is 2.31. The molecule has 0 spiro atoms. The zero-order chi connectivity index (χ0) is 10.3. The van der Waals surface area contributed by atoms with Crippen molar-refractivity contribution in [3.63, 3.8) is 0 Å². The van der Waals surface area contributed by atoms with Crippen LogP contribution in [0.1, 0.15) is 26.0 Å². The van der Waals surface area contributed by atoms with Crippen molar-refractivity contribution in [1.82, 2.24) is 4.98 Å². The fraction of sp³-hybridized carbons (Fsp3) is 0.545. The monoisotopic (exact) mass is 302 g/mol. The largest absolute Gasteiger partial charge is 0.367 e. The molecular formula is C11H15IN2. The summed E-state index contributed by atoms with van der Waals surface area (Å²) in [5.41, 5.74) is 1.56. The standard InChI is InChI=1S/C11H15IN2/c1-7-8(12)4-5-10(13-7)14-9-6-11(9,2)3/h4-5,9H,6H2,1-3H3,(H,13,14). The van der Waals surface area contributed by atoms with Crippen LogP contribution in [0, 0.1) is 15.9 Å². The van der Waals surface area contributed by atoms with Gasteiger partial charge in [-0.3, -0.25) is 0 Å². The molecule has 1 N–H and O–H groups in total. The summed E-state index contributed by atoms with van der Waals surface area (Å²) in [5, 5.41) is 3.46. The normalized spacial score (nSPS) is 23.3. The Balaban J connectivity index is 2.08. The fourth-order valence-electron chi connectivity index (χ4n) is 1.52. The molecule has 76 valence electrons. The van der Waals surface area contributed by atoms with Gasteiger partial charge in [-0.15, -0.1) is 0 Å². The minimum atomic E-state index is 0.457. The SMILES string of the molecule is Cc1nc(NC2CC2(C)C)ccc1I. The van der Waals surface area contributed by atoms with E-state index < -0.39 is 0 Å². The van der Waals surface area contributed by atoms with Crippen molar-refractivity contribution in [2.24, 2.45) is 5.41 Å². The van der Waals surface area contributed by atoms with Crippen LogP contribution in [0.25, 0.3) is 0 Å². The van der Waals surface area contributed by atoms with Crippen LogP contribution in [0.5, 0.6) is 0 Å². The van der Waals surface area contributed by atoms with E-state index in [0.717, 1.165) is 11.5 Å². The quantitative estimate of drug-likeness (QED) is 0.849. The summed E-state index contributed by atoms with van der Waals surface area (Å²) in [4.78, 5) is 4.50. The average Bonchev–Trinajstić information content (AvgIpc) is 2.67. The number of aryl methyl sites for hydroxylation is 1. The average molecular weight is 302 g/mol. The van der Waals surface area contributed by atoms with E-state index in [1.807, 2.05) is 6.92 Å². The molecule has 14 heavy (non-hydrogen) atoms. The van der Waals surface area contributed by atoms with Gasteiger partial charge in [0.1, 0.15) is 5.82 Å². The van der Waals surface area contributed by atoms with Crippen molar-refractivity contribution in [3.8, 4) is 0 Å². The molecule has 0 amide bonds. The van der Waals surface area contributed by atoms with Gasteiger partial charge in [0, 0.05) is 9.61 Å². The van der Waals surface area contributed by atoms with Crippen molar-refractivity contribution in [1.29, 1.82) is 0 Å². The lowest BCUT2D eigenvalue weighted by molar-refractivity contribution is 0.630. The molecular weight excluding hydrogens is 287 g/mol. The molecule has 3 heteroatoms. The molecule has 2 rings (SSSR count). The van der Waals surface area contributed by atoms with E-state index in [2.05, 4.69) is 58.9 Å². The van der Waals surface area contributed by atoms with Crippen molar-refractivity contribution < 1.29 is 0 Å². The Morgan fingerprint density at radius 2 is 2.14 bits per heavy atom. The molecule has 1 aliphatic rings. The van der Waals surface area contributed by atoms with Crippen LogP contribution < -0.4 is 5.32 Å². The van der Waals surface area contributed by atoms with Gasteiger partial charge in [0.25, 0.3) is 0 Å². The highest BCUT2D eigenvalue weighted by atomic mass is 127. The van der Waals surface area contributed by atoms with E-state index in [0.29, 0.717) is 11.5 Å². The number of aromatic nitrogens is 1. The summed E-state index contributed by atoms with van der Waals surface area (Å²) < 4.78 is 1.23. The fourth-order valence-corrected chi connectivity index (χ4v) is 1.82. The summed E-state index contributed by atoms with van der Waals surface area (Å²) in [5.74, 6) is 1.01. The van der Waals surface area contributed by atoms with Gasteiger partial charge in [-0.2, -0.15) is 0 Å². The molecule has 1 aromatic heterocycles. The van der Waals surface area contributed by atoms with E-state index in [9.17, 15) is 0 Å². The Morgan fingerprint density at radius 1 is 1.50 bits per heavy atom. The first-order valence-electron chi connectivity index (χ1n) is 4.89. The Kier molecular flexibility index (Phi) is 2.45. The third-order valence-corrected chi connectivity index (χ3v) is 4.00. The van der Waals surface area contributed by atoms with Gasteiger partial charge in [-0.25, -0.2) is 4.98 Å². The minimum absolute atomic E-state index is 0.457. The molecule has 0 aliphatic heterocycles. The summed E-state index contributed by atoms with van der Waals surface area (Å²) in [6.07, 6.45) is 1.25. The lowest BCUT2D eigenvalue weighted by Crippen LogP contribution is -2.10. The summed E-state index contributed by atoms with van der Waals surface area (Å²) in [6, 6.07) is 4.78. The molecule has 1 aromatic rings. The van der Waals surface area contributed by atoms with E-state index >= 15 is 0 Å². The first kappa shape index (κ1) is 10.2. The van der Waals surface area contributed by atoms with Crippen molar-refractivity contribution in [3.05, 3.63) is 21.4 Å². The van der Waals surface area contributed by atoms with Crippen LogP contribution in [0.15, 0.2) is 12.1 Å². The van der Waals surface area contributed by atoms with Crippen LogP contribution in [-0.2, 0) is 0 Å². The molecule has 1 atom stereocenters. The maximum Gasteiger partial charge on any atom is 0.126 e. The molecule has 1 unspecified atom stereocenters. The third kappa shape index (κ3) is 2.02. The van der Waals surface area contributed by atoms with E-state index in [1.165, 1.54) is 9.99 Å². The third-order valence-electron chi connectivity index (χ3n) is 2.86. The number of rotatable bonds is 2. The number of nitrogens with zero attached hydrogens (tertiary/aromatic N) is 1. The van der Waals surface area contributed by atoms with Crippen molar-refractivity contribution >= 4 is 28.4 Å². The van der Waals surface area contributed by atoms with Gasteiger partial charge >= 0.3 is 0 Å². The predicted molar refractivity (Wildman–Crippen MR) is 67.5 cm³/mol. The molecule has 1 fully saturated rings. The van der Waals surface area contributed by atoms with Gasteiger partial charge in [0.15, 0.2) is 0 Å². The van der Waals surface area contributed by atoms with Crippen molar-refractivity contribution in [2.75, 3.05) is 5.32 Å². The van der Waals surface area contributed by atoms with E-state index in [4.69, 9.17) is 0 Å². The first-order valence-corrected chi connectivity index (χ1v) is 5.96. The van der Waals surface area contributed by atoms with Gasteiger partial charge in [0.05, 0.1) is 5.69 Å². The molecule has 0 aromatic carbocycles. The Bertz CT molecular complexity index is 360. The highest BCUT2D eigenvalue weighted by Crippen LogP contribution is 2.46. The molecule has 1 aliphatic carbocycles. The second-order valence-corrected chi connectivity index (χ2v) is 5.82. The highest BCUT2D eigenvalue weighted by Gasteiger charge is 2.45. The first-order chi connectivity index (χ1) is 6.49. The maximum atomic E-state index is 4.50. The smallest absolute Gasteiger partial charge is 0.126 e. The molecule has 0 bridgehead atoms. The molecule has 1 saturated carbocycles. The zero-order valence-electron chi connectivity index (χ0n) is 8.76. The van der Waals surface area contributed by atoms with Crippen LogP contribution >= 0.6 is 22.6 Å². The number of nitrogens with one attached hydrogen (secondary N) is 1. The lowest BCUT2D eigenvalue weighted by Gasteiger charge is -2.08. The lowest BCUT2D eigenvalue weighted by atomic mass is 10.2. The number of pyridine rings is 1. The minimum Gasteiger partial charge on any atom is -0.367 e. The molecule has 0 saturated heterocycles. The highest BCUT2D eigenvalue weighted by molar-refractivity contribution is 14.1. The Labute approximate surface area is 98.6 Å². The number of hydrogen-bond donors (Lipinski definition) is 1. The summed E-state index contributed by atoms with van der Waals surface area (Å²) in [6.45, 7) is 6.61. The topological polar surface area (TPSA) is 24.9 Å². The van der Waals surface area contributed by atoms with Crippen LogP contribution in [0.3, 0.4) is 0 Å². The zero-order valence-corrected chi connectivity index (χ0v) is 10.9. The Hall–Kier alpha value is -0.320. The Morgan fingerprint density at radius 3 is 2.64 bits per heavy atom. The maximum absolute atomic E-state index is 4.50. The molecule has 1 heterocycles. The van der Waals surface area contributed by atoms with Crippen LogP contribution in [0.2, 0.25) is 0 Å². The van der Waals surface area contributed by atoms with Crippen molar-refractivity contribution in [2.45, 2.75) is 33.2 Å². The van der Waals surface area contributed by atoms with Gasteiger partial charge in [-0.1, -0.05) is 13.8 Å². The second kappa shape index (κ2) is 3.36.